The highest BCUT2D eigenvalue weighted by Crippen LogP contribution is 2.26. The van der Waals surface area contributed by atoms with E-state index in [-0.39, 0.29) is 6.04 Å². The molecular weight excluding hydrogens is 314 g/mol. The Morgan fingerprint density at radius 1 is 0.840 bits per heavy atom. The minimum absolute atomic E-state index is 0.254. The van der Waals surface area contributed by atoms with Crippen LogP contribution in [0.2, 0.25) is 0 Å². The van der Waals surface area contributed by atoms with Gasteiger partial charge in [-0.05, 0) is 42.0 Å². The first-order valence-corrected chi connectivity index (χ1v) is 8.72. The maximum absolute atomic E-state index is 6.08. The molecule has 2 N–H and O–H groups in total. The molecule has 0 bridgehead atoms. The zero-order chi connectivity index (χ0) is 17.6. The van der Waals surface area contributed by atoms with Crippen molar-refractivity contribution in [3.63, 3.8) is 0 Å². The zero-order valence-corrected chi connectivity index (χ0v) is 15.0. The summed E-state index contributed by atoms with van der Waals surface area (Å²) in [5, 5.41) is 0. The summed E-state index contributed by atoms with van der Waals surface area (Å²) in [5.74, 6) is 1.77. The lowest BCUT2D eigenvalue weighted by molar-refractivity contribution is 0.190. The van der Waals surface area contributed by atoms with Crippen LogP contribution in [0.3, 0.4) is 0 Å². The molecule has 134 valence electrons. The van der Waals surface area contributed by atoms with Gasteiger partial charge in [0.25, 0.3) is 0 Å². The van der Waals surface area contributed by atoms with Gasteiger partial charge in [0.2, 0.25) is 0 Å². The molecule has 1 unspecified atom stereocenters. The molecule has 5 nitrogen and oxygen atoms in total. The van der Waals surface area contributed by atoms with E-state index in [0.29, 0.717) is 6.54 Å². The molecule has 25 heavy (non-hydrogen) atoms. The second-order valence-electron chi connectivity index (χ2n) is 6.25. The first-order chi connectivity index (χ1) is 12.2. The van der Waals surface area contributed by atoms with Gasteiger partial charge in [0, 0.05) is 44.5 Å². The molecule has 0 aromatic heterocycles. The number of nitrogens with zero attached hydrogens (tertiary/aromatic N) is 2. The molecule has 5 heteroatoms. The number of nitrogens with two attached hydrogens (primary N) is 1. The number of benzene rings is 2. The van der Waals surface area contributed by atoms with E-state index >= 15 is 0 Å². The maximum Gasteiger partial charge on any atom is 0.119 e. The summed E-state index contributed by atoms with van der Waals surface area (Å²) in [4.78, 5) is 4.89. The molecule has 0 aliphatic carbocycles. The Morgan fingerprint density at radius 2 is 1.36 bits per heavy atom. The molecule has 1 aliphatic heterocycles. The lowest BCUT2D eigenvalue weighted by atomic mass is 10.0. The summed E-state index contributed by atoms with van der Waals surface area (Å²) in [6.45, 7) is 4.62. The SMILES string of the molecule is COc1ccc(C(CN)N2CCN(c3ccc(OC)cc3)CC2)cc1. The van der Waals surface area contributed by atoms with E-state index in [9.17, 15) is 0 Å². The smallest absolute Gasteiger partial charge is 0.119 e. The summed E-state index contributed by atoms with van der Waals surface area (Å²) >= 11 is 0. The number of piperazine rings is 1. The first-order valence-electron chi connectivity index (χ1n) is 8.72. The fourth-order valence-corrected chi connectivity index (χ4v) is 3.41. The van der Waals surface area contributed by atoms with Gasteiger partial charge in [-0.25, -0.2) is 0 Å². The summed E-state index contributed by atoms with van der Waals surface area (Å²) in [5.41, 5.74) is 8.58. The molecule has 1 atom stereocenters. The Kier molecular flexibility index (Phi) is 5.79. The Hall–Kier alpha value is -2.24. The van der Waals surface area contributed by atoms with Crippen molar-refractivity contribution in [2.75, 3.05) is 51.8 Å². The molecular formula is C20H27N3O2. The molecule has 1 saturated heterocycles. The van der Waals surface area contributed by atoms with Crippen molar-refractivity contribution < 1.29 is 9.47 Å². The van der Waals surface area contributed by atoms with Crippen molar-refractivity contribution in [3.05, 3.63) is 54.1 Å². The fourth-order valence-electron chi connectivity index (χ4n) is 3.41. The number of hydrogen-bond acceptors (Lipinski definition) is 5. The van der Waals surface area contributed by atoms with Crippen molar-refractivity contribution >= 4 is 5.69 Å². The number of rotatable bonds is 6. The van der Waals surface area contributed by atoms with E-state index in [1.54, 1.807) is 14.2 Å². The lowest BCUT2D eigenvalue weighted by Crippen LogP contribution is -2.49. The molecule has 2 aromatic rings. The van der Waals surface area contributed by atoms with Crippen molar-refractivity contribution in [3.8, 4) is 11.5 Å². The highest BCUT2D eigenvalue weighted by Gasteiger charge is 2.24. The van der Waals surface area contributed by atoms with Gasteiger partial charge in [-0.15, -0.1) is 0 Å². The van der Waals surface area contributed by atoms with Gasteiger partial charge in [-0.3, -0.25) is 4.90 Å². The largest absolute Gasteiger partial charge is 0.497 e. The second-order valence-corrected chi connectivity index (χ2v) is 6.25. The van der Waals surface area contributed by atoms with Crippen molar-refractivity contribution in [2.45, 2.75) is 6.04 Å². The highest BCUT2D eigenvalue weighted by molar-refractivity contribution is 5.49. The molecule has 0 spiro atoms. The molecule has 0 radical (unpaired) electrons. The van der Waals surface area contributed by atoms with Crippen LogP contribution in [0, 0.1) is 0 Å². The molecule has 3 rings (SSSR count). The van der Waals surface area contributed by atoms with Crippen LogP contribution in [0.15, 0.2) is 48.5 Å². The van der Waals surface area contributed by atoms with E-state index in [0.717, 1.165) is 37.7 Å². The van der Waals surface area contributed by atoms with Crippen LogP contribution < -0.4 is 20.1 Å². The number of ether oxygens (including phenoxy) is 2. The first kappa shape index (κ1) is 17.6. The van der Waals surface area contributed by atoms with Gasteiger partial charge >= 0.3 is 0 Å². The van der Waals surface area contributed by atoms with Gasteiger partial charge in [0.15, 0.2) is 0 Å². The maximum atomic E-state index is 6.08. The highest BCUT2D eigenvalue weighted by atomic mass is 16.5. The van der Waals surface area contributed by atoms with E-state index in [4.69, 9.17) is 15.2 Å². The van der Waals surface area contributed by atoms with Crippen LogP contribution in [0.4, 0.5) is 5.69 Å². The number of anilines is 1. The van der Waals surface area contributed by atoms with E-state index in [2.05, 4.69) is 34.1 Å². The summed E-state index contributed by atoms with van der Waals surface area (Å²) in [7, 11) is 3.38. The molecule has 0 saturated carbocycles. The minimum atomic E-state index is 0.254. The summed E-state index contributed by atoms with van der Waals surface area (Å²) in [6, 6.07) is 16.8. The van der Waals surface area contributed by atoms with E-state index in [1.165, 1.54) is 11.3 Å². The van der Waals surface area contributed by atoms with Crippen molar-refractivity contribution in [1.29, 1.82) is 0 Å². The third kappa shape index (κ3) is 4.06. The van der Waals surface area contributed by atoms with Crippen molar-refractivity contribution in [2.24, 2.45) is 5.73 Å². The number of methoxy groups -OCH3 is 2. The standard InChI is InChI=1S/C20H27N3O2/c1-24-18-7-3-16(4-8-18)20(15-21)23-13-11-22(12-14-23)17-5-9-19(25-2)10-6-17/h3-10,20H,11-15,21H2,1-2H3. The van der Waals surface area contributed by atoms with Crippen LogP contribution in [-0.2, 0) is 0 Å². The van der Waals surface area contributed by atoms with Crippen LogP contribution in [0.25, 0.3) is 0 Å². The van der Waals surface area contributed by atoms with Crippen LogP contribution in [-0.4, -0.2) is 51.8 Å². The fraction of sp³-hybridized carbons (Fsp3) is 0.400. The molecule has 1 fully saturated rings. The Balaban J connectivity index is 1.62. The molecule has 0 amide bonds. The topological polar surface area (TPSA) is 51.0 Å². The normalized spacial score (nSPS) is 16.5. The van der Waals surface area contributed by atoms with Gasteiger partial charge in [-0.1, -0.05) is 12.1 Å². The van der Waals surface area contributed by atoms with Crippen LogP contribution in [0.1, 0.15) is 11.6 Å². The van der Waals surface area contributed by atoms with Gasteiger partial charge in [-0.2, -0.15) is 0 Å². The van der Waals surface area contributed by atoms with E-state index in [1.807, 2.05) is 24.3 Å². The van der Waals surface area contributed by atoms with Crippen molar-refractivity contribution in [1.82, 2.24) is 4.90 Å². The number of hydrogen-bond donors (Lipinski definition) is 1. The minimum Gasteiger partial charge on any atom is -0.497 e. The monoisotopic (exact) mass is 341 g/mol. The third-order valence-electron chi connectivity index (χ3n) is 4.92. The van der Waals surface area contributed by atoms with Gasteiger partial charge in [0.05, 0.1) is 14.2 Å². The summed E-state index contributed by atoms with van der Waals surface area (Å²) < 4.78 is 10.5. The summed E-state index contributed by atoms with van der Waals surface area (Å²) in [6.07, 6.45) is 0. The van der Waals surface area contributed by atoms with Gasteiger partial charge < -0.3 is 20.1 Å². The average molecular weight is 341 g/mol. The Labute approximate surface area is 149 Å². The average Bonchev–Trinajstić information content (AvgIpc) is 2.70. The quantitative estimate of drug-likeness (QED) is 0.875. The second kappa shape index (κ2) is 8.23. The van der Waals surface area contributed by atoms with E-state index < -0.39 is 0 Å². The Morgan fingerprint density at radius 3 is 1.84 bits per heavy atom. The zero-order valence-electron chi connectivity index (χ0n) is 15.0. The predicted octanol–water partition coefficient (Wildman–Crippen LogP) is 2.53. The lowest BCUT2D eigenvalue weighted by Gasteiger charge is -2.40. The molecule has 2 aromatic carbocycles. The third-order valence-corrected chi connectivity index (χ3v) is 4.92. The van der Waals surface area contributed by atoms with Gasteiger partial charge in [0.1, 0.15) is 11.5 Å². The molecule has 1 aliphatic rings. The Bertz CT molecular complexity index is 650. The van der Waals surface area contributed by atoms with Crippen LogP contribution >= 0.6 is 0 Å². The van der Waals surface area contributed by atoms with Crippen LogP contribution in [0.5, 0.6) is 11.5 Å². The predicted molar refractivity (Wildman–Crippen MR) is 102 cm³/mol. The molecule has 1 heterocycles.